The van der Waals surface area contributed by atoms with Crippen LogP contribution in [0, 0.1) is 0 Å². The molecule has 0 atom stereocenters. The zero-order valence-corrected chi connectivity index (χ0v) is 19.6. The number of amides is 1. The summed E-state index contributed by atoms with van der Waals surface area (Å²) in [4.78, 5) is 17.4. The lowest BCUT2D eigenvalue weighted by Crippen LogP contribution is -2.25. The molecule has 1 heterocycles. The molecule has 158 valence electrons. The number of carbonyl (C=O) groups is 1. The summed E-state index contributed by atoms with van der Waals surface area (Å²) in [6, 6.07) is 24.2. The van der Waals surface area contributed by atoms with E-state index in [1.165, 1.54) is 11.1 Å². The fraction of sp³-hybridized carbons (Fsp3) is 0.231. The average Bonchev–Trinajstić information content (AvgIpc) is 3.09. The van der Waals surface area contributed by atoms with Crippen LogP contribution in [0.15, 0.2) is 77.3 Å². The lowest BCUT2D eigenvalue weighted by atomic mass is 9.87. The van der Waals surface area contributed by atoms with Crippen molar-refractivity contribution >= 4 is 32.9 Å². The summed E-state index contributed by atoms with van der Waals surface area (Å²) in [5.74, 6) is 0.721. The molecule has 0 unspecified atom stereocenters. The Hall–Kier alpha value is -2.92. The molecule has 4 aromatic rings. The molecule has 0 aliphatic rings. The van der Waals surface area contributed by atoms with Crippen LogP contribution >= 0.6 is 15.9 Å². The Morgan fingerprint density at radius 1 is 1.00 bits per heavy atom. The second kappa shape index (κ2) is 8.67. The number of para-hydroxylation sites is 2. The first-order valence-corrected chi connectivity index (χ1v) is 11.2. The number of nitrogens with one attached hydrogen (secondary N) is 1. The third-order valence-electron chi connectivity index (χ3n) is 5.39. The summed E-state index contributed by atoms with van der Waals surface area (Å²) in [5, 5.41) is 3.02. The van der Waals surface area contributed by atoms with Crippen molar-refractivity contribution in [3.8, 4) is 0 Å². The third kappa shape index (κ3) is 4.88. The number of rotatable bonds is 5. The molecule has 1 aromatic heterocycles. The highest BCUT2D eigenvalue weighted by atomic mass is 79.9. The standard InChI is InChI=1S/C26H26BrN3O/c1-26(2,3)20-13-11-18(12-14-20)17-30-23-10-5-4-9-22(23)29-24(30)16-28-25(31)19-7-6-8-21(27)15-19/h4-15H,16-17H2,1-3H3,(H,28,31). The Labute approximate surface area is 191 Å². The van der Waals surface area contributed by atoms with Crippen LogP contribution in [0.1, 0.15) is 48.1 Å². The molecule has 0 saturated carbocycles. The Kier molecular flexibility index (Phi) is 5.96. The van der Waals surface area contributed by atoms with Crippen LogP contribution in [0.3, 0.4) is 0 Å². The third-order valence-corrected chi connectivity index (χ3v) is 5.88. The number of hydrogen-bond acceptors (Lipinski definition) is 2. The smallest absolute Gasteiger partial charge is 0.251 e. The number of benzene rings is 3. The van der Waals surface area contributed by atoms with Crippen molar-refractivity contribution in [1.82, 2.24) is 14.9 Å². The molecule has 5 heteroatoms. The van der Waals surface area contributed by atoms with Gasteiger partial charge < -0.3 is 9.88 Å². The molecule has 0 fully saturated rings. The Bertz CT molecular complexity index is 1220. The fourth-order valence-corrected chi connectivity index (χ4v) is 4.02. The largest absolute Gasteiger partial charge is 0.345 e. The summed E-state index contributed by atoms with van der Waals surface area (Å²) < 4.78 is 3.06. The monoisotopic (exact) mass is 475 g/mol. The van der Waals surface area contributed by atoms with Gasteiger partial charge in [0.2, 0.25) is 0 Å². The van der Waals surface area contributed by atoms with E-state index in [-0.39, 0.29) is 11.3 Å². The first-order chi connectivity index (χ1) is 14.8. The van der Waals surface area contributed by atoms with Gasteiger partial charge in [-0.1, -0.05) is 79.2 Å². The van der Waals surface area contributed by atoms with E-state index in [0.29, 0.717) is 18.7 Å². The molecule has 0 spiro atoms. The van der Waals surface area contributed by atoms with Crippen LogP contribution in [0.25, 0.3) is 11.0 Å². The number of nitrogens with zero attached hydrogens (tertiary/aromatic N) is 2. The highest BCUT2D eigenvalue weighted by Gasteiger charge is 2.15. The van der Waals surface area contributed by atoms with Gasteiger partial charge in [0.15, 0.2) is 0 Å². The van der Waals surface area contributed by atoms with E-state index in [9.17, 15) is 4.79 Å². The van der Waals surface area contributed by atoms with Gasteiger partial charge in [0.05, 0.1) is 17.6 Å². The Balaban J connectivity index is 1.59. The van der Waals surface area contributed by atoms with Gasteiger partial charge in [-0.3, -0.25) is 4.79 Å². The van der Waals surface area contributed by atoms with E-state index >= 15 is 0 Å². The van der Waals surface area contributed by atoms with Crippen molar-refractivity contribution in [2.75, 3.05) is 0 Å². The predicted octanol–water partition coefficient (Wildman–Crippen LogP) is 6.07. The summed E-state index contributed by atoms with van der Waals surface area (Å²) in [6.45, 7) is 7.72. The first kappa shape index (κ1) is 21.3. The Morgan fingerprint density at radius 3 is 2.45 bits per heavy atom. The zero-order valence-electron chi connectivity index (χ0n) is 18.0. The number of aromatic nitrogens is 2. The SMILES string of the molecule is CC(C)(C)c1ccc(Cn2c(CNC(=O)c3cccc(Br)c3)nc3ccccc32)cc1. The van der Waals surface area contributed by atoms with Crippen LogP contribution in [-0.4, -0.2) is 15.5 Å². The van der Waals surface area contributed by atoms with E-state index in [1.807, 2.05) is 36.4 Å². The maximum absolute atomic E-state index is 12.6. The minimum atomic E-state index is -0.116. The van der Waals surface area contributed by atoms with Gasteiger partial charge in [-0.2, -0.15) is 0 Å². The minimum Gasteiger partial charge on any atom is -0.345 e. The van der Waals surface area contributed by atoms with Crippen LogP contribution in [-0.2, 0) is 18.5 Å². The summed E-state index contributed by atoms with van der Waals surface area (Å²) in [6.07, 6.45) is 0. The molecular weight excluding hydrogens is 450 g/mol. The topological polar surface area (TPSA) is 46.9 Å². The molecular formula is C26H26BrN3O. The summed E-state index contributed by atoms with van der Waals surface area (Å²) in [7, 11) is 0. The maximum atomic E-state index is 12.6. The quantitative estimate of drug-likeness (QED) is 0.380. The number of imidazole rings is 1. The predicted molar refractivity (Wildman–Crippen MR) is 129 cm³/mol. The van der Waals surface area contributed by atoms with Gasteiger partial charge in [0.1, 0.15) is 5.82 Å². The number of carbonyl (C=O) groups excluding carboxylic acids is 1. The highest BCUT2D eigenvalue weighted by molar-refractivity contribution is 9.10. The molecule has 3 aromatic carbocycles. The molecule has 0 saturated heterocycles. The minimum absolute atomic E-state index is 0.116. The maximum Gasteiger partial charge on any atom is 0.251 e. The van der Waals surface area contributed by atoms with Crippen molar-refractivity contribution in [3.05, 3.63) is 99.8 Å². The van der Waals surface area contributed by atoms with Crippen LogP contribution in [0.2, 0.25) is 0 Å². The van der Waals surface area contributed by atoms with E-state index < -0.39 is 0 Å². The first-order valence-electron chi connectivity index (χ1n) is 10.4. The fourth-order valence-electron chi connectivity index (χ4n) is 3.62. The van der Waals surface area contributed by atoms with Crippen LogP contribution < -0.4 is 5.32 Å². The van der Waals surface area contributed by atoms with Crippen molar-refractivity contribution < 1.29 is 4.79 Å². The molecule has 31 heavy (non-hydrogen) atoms. The van der Waals surface area contributed by atoms with Gasteiger partial charge in [-0.15, -0.1) is 0 Å². The van der Waals surface area contributed by atoms with Gasteiger partial charge in [-0.05, 0) is 46.9 Å². The lowest BCUT2D eigenvalue weighted by Gasteiger charge is -2.19. The normalized spacial score (nSPS) is 11.6. The second-order valence-electron chi connectivity index (χ2n) is 8.74. The molecule has 0 bridgehead atoms. The van der Waals surface area contributed by atoms with Gasteiger partial charge in [-0.25, -0.2) is 4.98 Å². The molecule has 0 aliphatic carbocycles. The van der Waals surface area contributed by atoms with Crippen LogP contribution in [0.5, 0.6) is 0 Å². The molecule has 1 amide bonds. The molecule has 0 radical (unpaired) electrons. The molecule has 4 rings (SSSR count). The van der Waals surface area contributed by atoms with E-state index in [2.05, 4.69) is 76.9 Å². The van der Waals surface area contributed by atoms with E-state index in [1.54, 1.807) is 6.07 Å². The van der Waals surface area contributed by atoms with Gasteiger partial charge in [0.25, 0.3) is 5.91 Å². The highest BCUT2D eigenvalue weighted by Crippen LogP contribution is 2.24. The van der Waals surface area contributed by atoms with Crippen molar-refractivity contribution in [3.63, 3.8) is 0 Å². The van der Waals surface area contributed by atoms with E-state index in [0.717, 1.165) is 21.3 Å². The van der Waals surface area contributed by atoms with E-state index in [4.69, 9.17) is 4.98 Å². The molecule has 4 nitrogen and oxygen atoms in total. The molecule has 0 aliphatic heterocycles. The van der Waals surface area contributed by atoms with Crippen molar-refractivity contribution in [2.24, 2.45) is 0 Å². The van der Waals surface area contributed by atoms with Crippen molar-refractivity contribution in [2.45, 2.75) is 39.3 Å². The van der Waals surface area contributed by atoms with Crippen LogP contribution in [0.4, 0.5) is 0 Å². The summed E-state index contributed by atoms with van der Waals surface area (Å²) in [5.41, 5.74) is 5.26. The number of hydrogen-bond donors (Lipinski definition) is 1. The van der Waals surface area contributed by atoms with Gasteiger partial charge in [0, 0.05) is 16.6 Å². The molecule has 1 N–H and O–H groups in total. The second-order valence-corrected chi connectivity index (χ2v) is 9.66. The average molecular weight is 476 g/mol. The zero-order chi connectivity index (χ0) is 22.0. The number of halogens is 1. The van der Waals surface area contributed by atoms with Gasteiger partial charge >= 0.3 is 0 Å². The van der Waals surface area contributed by atoms with Crippen molar-refractivity contribution in [1.29, 1.82) is 0 Å². The Morgan fingerprint density at radius 2 is 1.74 bits per heavy atom. The summed E-state index contributed by atoms with van der Waals surface area (Å²) >= 11 is 3.42. The lowest BCUT2D eigenvalue weighted by molar-refractivity contribution is 0.0949. The number of fused-ring (bicyclic) bond motifs is 1.